The Morgan fingerprint density at radius 3 is 2.04 bits per heavy atom. The highest BCUT2D eigenvalue weighted by Gasteiger charge is 2.69. The standard InChI is InChI=1S/C16H19F3O6/c1-13(22-3)14(2,23-4)25-12(20)11(24-13)15(21,16(17,18)19)10-8-6-5-7-9-10/h5-9,11,21H,1-4H3/t11-,13-,14-,15-/m0/s1. The van der Waals surface area contributed by atoms with Crippen LogP contribution in [0.2, 0.25) is 0 Å². The zero-order chi connectivity index (χ0) is 19.1. The maximum atomic E-state index is 13.8. The van der Waals surface area contributed by atoms with E-state index in [9.17, 15) is 23.1 Å². The van der Waals surface area contributed by atoms with Crippen LogP contribution in [0.25, 0.3) is 0 Å². The van der Waals surface area contributed by atoms with E-state index < -0.39 is 41.0 Å². The molecule has 1 aromatic carbocycles. The minimum Gasteiger partial charge on any atom is -0.425 e. The summed E-state index contributed by atoms with van der Waals surface area (Å²) in [5.74, 6) is -5.13. The number of methoxy groups -OCH3 is 2. The Kier molecular flexibility index (Phi) is 4.90. The van der Waals surface area contributed by atoms with Crippen LogP contribution >= 0.6 is 0 Å². The number of hydrogen-bond donors (Lipinski definition) is 1. The SMILES string of the molecule is CO[C@@]1(C)OC(=O)[C@@H]([C@@](O)(c2ccccc2)C(F)(F)F)O[C@]1(C)OC. The third-order valence-corrected chi connectivity index (χ3v) is 4.48. The van der Waals surface area contributed by atoms with Crippen LogP contribution in [0.5, 0.6) is 0 Å². The van der Waals surface area contributed by atoms with E-state index in [0.717, 1.165) is 19.2 Å². The predicted molar refractivity (Wildman–Crippen MR) is 78.2 cm³/mol. The summed E-state index contributed by atoms with van der Waals surface area (Å²) in [6, 6.07) is 6.16. The first kappa shape index (κ1) is 19.6. The van der Waals surface area contributed by atoms with Crippen molar-refractivity contribution in [1.29, 1.82) is 0 Å². The molecule has 1 N–H and O–H groups in total. The molecule has 1 heterocycles. The average molecular weight is 364 g/mol. The molecule has 1 aromatic rings. The normalized spacial score (nSPS) is 32.8. The second-order valence-corrected chi connectivity index (χ2v) is 5.85. The molecule has 1 aliphatic heterocycles. The van der Waals surface area contributed by atoms with Gasteiger partial charge in [-0.15, -0.1) is 0 Å². The minimum atomic E-state index is -5.23. The smallest absolute Gasteiger partial charge is 0.424 e. The number of halogens is 3. The van der Waals surface area contributed by atoms with Crippen LogP contribution < -0.4 is 0 Å². The Hall–Kier alpha value is -1.68. The fraction of sp³-hybridized carbons (Fsp3) is 0.562. The third-order valence-electron chi connectivity index (χ3n) is 4.48. The number of esters is 1. The highest BCUT2D eigenvalue weighted by atomic mass is 19.4. The second-order valence-electron chi connectivity index (χ2n) is 5.85. The maximum Gasteiger partial charge on any atom is 0.424 e. The van der Waals surface area contributed by atoms with E-state index in [0.29, 0.717) is 0 Å². The Morgan fingerprint density at radius 2 is 1.60 bits per heavy atom. The number of aliphatic hydroxyl groups is 1. The van der Waals surface area contributed by atoms with E-state index in [1.807, 2.05) is 0 Å². The molecular weight excluding hydrogens is 345 g/mol. The predicted octanol–water partition coefficient (Wildman–Crippen LogP) is 2.10. The number of carbonyl (C=O) groups is 1. The summed E-state index contributed by atoms with van der Waals surface area (Å²) in [5, 5.41) is 10.5. The van der Waals surface area contributed by atoms with Gasteiger partial charge in [-0.3, -0.25) is 0 Å². The van der Waals surface area contributed by atoms with Gasteiger partial charge in [0.25, 0.3) is 5.79 Å². The second kappa shape index (κ2) is 6.24. The first-order valence-electron chi connectivity index (χ1n) is 7.31. The molecule has 0 unspecified atom stereocenters. The average Bonchev–Trinajstić information content (AvgIpc) is 2.57. The van der Waals surface area contributed by atoms with Crippen LogP contribution in [0, 0.1) is 0 Å². The molecule has 0 bridgehead atoms. The van der Waals surface area contributed by atoms with Crippen molar-refractivity contribution in [2.75, 3.05) is 14.2 Å². The molecule has 1 fully saturated rings. The van der Waals surface area contributed by atoms with Crippen LogP contribution in [0.1, 0.15) is 19.4 Å². The fourth-order valence-electron chi connectivity index (χ4n) is 2.59. The largest absolute Gasteiger partial charge is 0.425 e. The number of alkyl halides is 3. The quantitative estimate of drug-likeness (QED) is 0.825. The summed E-state index contributed by atoms with van der Waals surface area (Å²) in [5.41, 5.74) is -4.20. The maximum absolute atomic E-state index is 13.8. The van der Waals surface area contributed by atoms with Gasteiger partial charge in [-0.25, -0.2) is 4.79 Å². The third kappa shape index (κ3) is 2.91. The molecule has 0 radical (unpaired) electrons. The lowest BCUT2D eigenvalue weighted by atomic mass is 9.86. The van der Waals surface area contributed by atoms with Gasteiger partial charge in [0.15, 0.2) is 0 Å². The number of ether oxygens (including phenoxy) is 4. The molecule has 0 spiro atoms. The van der Waals surface area contributed by atoms with Crippen molar-refractivity contribution in [2.24, 2.45) is 0 Å². The van der Waals surface area contributed by atoms with Crippen molar-refractivity contribution in [3.63, 3.8) is 0 Å². The molecule has 140 valence electrons. The van der Waals surface area contributed by atoms with Gasteiger partial charge in [0.05, 0.1) is 0 Å². The van der Waals surface area contributed by atoms with E-state index in [1.165, 1.54) is 39.2 Å². The molecule has 0 saturated carbocycles. The zero-order valence-electron chi connectivity index (χ0n) is 14.1. The lowest BCUT2D eigenvalue weighted by molar-refractivity contribution is -0.430. The van der Waals surface area contributed by atoms with Gasteiger partial charge in [-0.05, 0) is 12.5 Å². The van der Waals surface area contributed by atoms with Crippen LogP contribution in [0.4, 0.5) is 13.2 Å². The highest BCUT2D eigenvalue weighted by molar-refractivity contribution is 5.78. The Bertz CT molecular complexity index is 637. The van der Waals surface area contributed by atoms with Crippen molar-refractivity contribution in [3.05, 3.63) is 35.9 Å². The Balaban J connectivity index is 2.58. The molecule has 0 aliphatic carbocycles. The van der Waals surface area contributed by atoms with Gasteiger partial charge in [-0.2, -0.15) is 13.2 Å². The van der Waals surface area contributed by atoms with Crippen LogP contribution in [-0.2, 0) is 29.3 Å². The van der Waals surface area contributed by atoms with E-state index in [1.54, 1.807) is 0 Å². The topological polar surface area (TPSA) is 74.2 Å². The molecule has 6 nitrogen and oxygen atoms in total. The summed E-state index contributed by atoms with van der Waals surface area (Å²) >= 11 is 0. The van der Waals surface area contributed by atoms with Crippen molar-refractivity contribution < 1.29 is 42.0 Å². The molecule has 1 saturated heterocycles. The minimum absolute atomic E-state index is 0.566. The lowest BCUT2D eigenvalue weighted by Gasteiger charge is -2.50. The number of carbonyl (C=O) groups excluding carboxylic acids is 1. The van der Waals surface area contributed by atoms with E-state index in [-0.39, 0.29) is 0 Å². The van der Waals surface area contributed by atoms with Crippen molar-refractivity contribution in [1.82, 2.24) is 0 Å². The number of rotatable bonds is 4. The van der Waals surface area contributed by atoms with Crippen LogP contribution in [0.3, 0.4) is 0 Å². The lowest BCUT2D eigenvalue weighted by Crippen LogP contribution is -2.69. The first-order chi connectivity index (χ1) is 11.4. The highest BCUT2D eigenvalue weighted by Crippen LogP contribution is 2.48. The van der Waals surface area contributed by atoms with E-state index in [4.69, 9.17) is 18.9 Å². The van der Waals surface area contributed by atoms with Gasteiger partial charge in [-0.1, -0.05) is 30.3 Å². The van der Waals surface area contributed by atoms with Gasteiger partial charge < -0.3 is 24.1 Å². The first-order valence-corrected chi connectivity index (χ1v) is 7.31. The van der Waals surface area contributed by atoms with E-state index in [2.05, 4.69) is 0 Å². The number of benzene rings is 1. The molecule has 0 aromatic heterocycles. The molecule has 9 heteroatoms. The molecule has 1 aliphatic rings. The van der Waals surface area contributed by atoms with Crippen LogP contribution in [-0.4, -0.2) is 49.1 Å². The van der Waals surface area contributed by atoms with Gasteiger partial charge >= 0.3 is 12.1 Å². The summed E-state index contributed by atoms with van der Waals surface area (Å²) in [6.07, 6.45) is -7.64. The summed E-state index contributed by atoms with van der Waals surface area (Å²) in [6.45, 7) is 2.53. The monoisotopic (exact) mass is 364 g/mol. The fourth-order valence-corrected chi connectivity index (χ4v) is 2.59. The number of hydrogen-bond acceptors (Lipinski definition) is 6. The Morgan fingerprint density at radius 1 is 1.08 bits per heavy atom. The van der Waals surface area contributed by atoms with E-state index >= 15 is 0 Å². The van der Waals surface area contributed by atoms with Crippen molar-refractivity contribution in [3.8, 4) is 0 Å². The van der Waals surface area contributed by atoms with Crippen molar-refractivity contribution in [2.45, 2.75) is 43.3 Å². The van der Waals surface area contributed by atoms with Crippen LogP contribution in [0.15, 0.2) is 30.3 Å². The molecule has 0 amide bonds. The summed E-state index contributed by atoms with van der Waals surface area (Å²) < 4.78 is 61.8. The zero-order valence-corrected chi connectivity index (χ0v) is 14.1. The van der Waals surface area contributed by atoms with Gasteiger partial charge in [0.2, 0.25) is 17.5 Å². The summed E-state index contributed by atoms with van der Waals surface area (Å²) in [7, 11) is 2.34. The van der Waals surface area contributed by atoms with Gasteiger partial charge in [0, 0.05) is 21.1 Å². The Labute approximate surface area is 142 Å². The number of cyclic esters (lactones) is 1. The molecule has 2 rings (SSSR count). The molecular formula is C16H19F3O6. The van der Waals surface area contributed by atoms with Crippen molar-refractivity contribution >= 4 is 5.97 Å². The molecule has 25 heavy (non-hydrogen) atoms. The van der Waals surface area contributed by atoms with Gasteiger partial charge in [0.1, 0.15) is 0 Å². The summed E-state index contributed by atoms with van der Waals surface area (Å²) in [4.78, 5) is 12.3. The molecule has 4 atom stereocenters.